The van der Waals surface area contributed by atoms with Crippen LogP contribution in [-0.2, 0) is 4.79 Å². The number of nitrogens with zero attached hydrogens (tertiary/aromatic N) is 2. The minimum absolute atomic E-state index is 0.0161. The zero-order valence-electron chi connectivity index (χ0n) is 13.9. The molecule has 1 atom stereocenters. The van der Waals surface area contributed by atoms with Gasteiger partial charge in [-0.15, -0.1) is 0 Å². The summed E-state index contributed by atoms with van der Waals surface area (Å²) in [6.45, 7) is 6.58. The van der Waals surface area contributed by atoms with E-state index in [4.69, 9.17) is 0 Å². The minimum atomic E-state index is -0.0161. The highest BCUT2D eigenvalue weighted by Gasteiger charge is 2.23. The quantitative estimate of drug-likeness (QED) is 0.816. The Hall–Kier alpha value is -0.610. The number of rotatable bonds is 6. The van der Waals surface area contributed by atoms with E-state index in [2.05, 4.69) is 22.2 Å². The van der Waals surface area contributed by atoms with E-state index in [9.17, 15) is 4.79 Å². The fourth-order valence-corrected chi connectivity index (χ4v) is 3.44. The number of likely N-dealkylation sites (tertiary alicyclic amines) is 1. The topological polar surface area (TPSA) is 35.6 Å². The van der Waals surface area contributed by atoms with Crippen LogP contribution in [0.1, 0.15) is 58.3 Å². The summed E-state index contributed by atoms with van der Waals surface area (Å²) in [6, 6.07) is 0.413. The second kappa shape index (κ2) is 8.74. The van der Waals surface area contributed by atoms with Crippen molar-refractivity contribution >= 4 is 5.91 Å². The van der Waals surface area contributed by atoms with Gasteiger partial charge in [0.15, 0.2) is 0 Å². The molecule has 1 amide bonds. The largest absolute Gasteiger partial charge is 0.352 e. The molecule has 0 bridgehead atoms. The predicted octanol–water partition coefficient (Wildman–Crippen LogP) is 2.24. The molecule has 2 fully saturated rings. The van der Waals surface area contributed by atoms with Crippen LogP contribution in [0.15, 0.2) is 0 Å². The maximum atomic E-state index is 12.3. The highest BCUT2D eigenvalue weighted by Crippen LogP contribution is 2.18. The lowest BCUT2D eigenvalue weighted by Gasteiger charge is -2.28. The molecule has 1 aliphatic carbocycles. The number of amides is 1. The van der Waals surface area contributed by atoms with Crippen molar-refractivity contribution in [1.82, 2.24) is 15.1 Å². The Morgan fingerprint density at radius 3 is 2.38 bits per heavy atom. The number of nitrogens with one attached hydrogen (secondary N) is 1. The predicted molar refractivity (Wildman–Crippen MR) is 87.4 cm³/mol. The van der Waals surface area contributed by atoms with Gasteiger partial charge in [-0.05, 0) is 52.7 Å². The van der Waals surface area contributed by atoms with Crippen molar-refractivity contribution in [2.75, 3.05) is 33.2 Å². The second-order valence-electron chi connectivity index (χ2n) is 6.90. The van der Waals surface area contributed by atoms with Crippen LogP contribution in [0.25, 0.3) is 0 Å². The van der Waals surface area contributed by atoms with Gasteiger partial charge < -0.3 is 10.2 Å². The first-order valence-corrected chi connectivity index (χ1v) is 8.90. The van der Waals surface area contributed by atoms with Crippen molar-refractivity contribution in [1.29, 1.82) is 0 Å². The first-order valence-electron chi connectivity index (χ1n) is 8.90. The fraction of sp³-hybridized carbons (Fsp3) is 0.941. The average molecular weight is 295 g/mol. The van der Waals surface area contributed by atoms with E-state index in [0.29, 0.717) is 6.04 Å². The number of carbonyl (C=O) groups excluding carboxylic acids is 1. The molecule has 4 heteroatoms. The van der Waals surface area contributed by atoms with E-state index in [1.54, 1.807) is 0 Å². The Bertz CT molecular complexity index is 307. The van der Waals surface area contributed by atoms with Crippen LogP contribution in [0.5, 0.6) is 0 Å². The third-order valence-corrected chi connectivity index (χ3v) is 5.21. The first kappa shape index (κ1) is 16.8. The summed E-state index contributed by atoms with van der Waals surface area (Å²) in [5, 5.41) is 3.21. The van der Waals surface area contributed by atoms with Crippen LogP contribution >= 0.6 is 0 Å². The van der Waals surface area contributed by atoms with Gasteiger partial charge in [0, 0.05) is 19.1 Å². The Morgan fingerprint density at radius 2 is 1.76 bits per heavy atom. The van der Waals surface area contributed by atoms with Gasteiger partial charge in [0.25, 0.3) is 0 Å². The number of hydrogen-bond acceptors (Lipinski definition) is 3. The van der Waals surface area contributed by atoms with Gasteiger partial charge in [-0.2, -0.15) is 0 Å². The maximum Gasteiger partial charge on any atom is 0.237 e. The molecular weight excluding hydrogens is 262 g/mol. The summed E-state index contributed by atoms with van der Waals surface area (Å²) >= 11 is 0. The van der Waals surface area contributed by atoms with Gasteiger partial charge in [-0.25, -0.2) is 0 Å². The van der Waals surface area contributed by atoms with Crippen molar-refractivity contribution in [2.45, 2.75) is 70.4 Å². The molecule has 21 heavy (non-hydrogen) atoms. The summed E-state index contributed by atoms with van der Waals surface area (Å²) in [5.41, 5.74) is 0. The van der Waals surface area contributed by atoms with Crippen LogP contribution in [0.3, 0.4) is 0 Å². The van der Waals surface area contributed by atoms with Gasteiger partial charge >= 0.3 is 0 Å². The third-order valence-electron chi connectivity index (χ3n) is 5.21. The molecule has 1 aliphatic heterocycles. The Morgan fingerprint density at radius 1 is 1.14 bits per heavy atom. The van der Waals surface area contributed by atoms with Crippen LogP contribution in [0.2, 0.25) is 0 Å². The highest BCUT2D eigenvalue weighted by atomic mass is 16.2. The zero-order valence-corrected chi connectivity index (χ0v) is 13.9. The van der Waals surface area contributed by atoms with E-state index in [1.165, 1.54) is 51.6 Å². The lowest BCUT2D eigenvalue weighted by atomic mass is 10.2. The molecule has 0 radical (unpaired) electrons. The van der Waals surface area contributed by atoms with Crippen LogP contribution in [0, 0.1) is 0 Å². The van der Waals surface area contributed by atoms with E-state index in [-0.39, 0.29) is 11.9 Å². The molecular formula is C17H33N3O. The molecule has 1 saturated carbocycles. The van der Waals surface area contributed by atoms with Crippen molar-refractivity contribution in [3.8, 4) is 0 Å². The summed E-state index contributed by atoms with van der Waals surface area (Å²) in [7, 11) is 2.08. The van der Waals surface area contributed by atoms with Crippen molar-refractivity contribution in [3.05, 3.63) is 0 Å². The number of hydrogen-bond donors (Lipinski definition) is 1. The highest BCUT2D eigenvalue weighted by molar-refractivity contribution is 5.81. The number of carbonyl (C=O) groups is 1. The molecule has 0 aromatic rings. The third kappa shape index (κ3) is 5.59. The van der Waals surface area contributed by atoms with E-state index in [0.717, 1.165) is 25.9 Å². The van der Waals surface area contributed by atoms with Crippen LogP contribution < -0.4 is 5.32 Å². The molecule has 2 rings (SSSR count). The molecule has 1 heterocycles. The molecule has 2 aliphatic rings. The minimum Gasteiger partial charge on any atom is -0.352 e. The molecule has 4 nitrogen and oxygen atoms in total. The Kier molecular flexibility index (Phi) is 6.97. The SMILES string of the molecule is C[C@H](C(=O)NC1CCCC1)N(C)CCN1CCCCCC1. The van der Waals surface area contributed by atoms with Gasteiger partial charge in [-0.3, -0.25) is 9.69 Å². The maximum absolute atomic E-state index is 12.3. The van der Waals surface area contributed by atoms with Gasteiger partial charge in [0.2, 0.25) is 5.91 Å². The zero-order chi connectivity index (χ0) is 15.1. The van der Waals surface area contributed by atoms with Crippen LogP contribution in [0.4, 0.5) is 0 Å². The number of likely N-dealkylation sites (N-methyl/N-ethyl adjacent to an activating group) is 1. The normalized spacial score (nSPS) is 23.2. The van der Waals surface area contributed by atoms with Gasteiger partial charge in [0.1, 0.15) is 0 Å². The smallest absolute Gasteiger partial charge is 0.237 e. The van der Waals surface area contributed by atoms with E-state index >= 15 is 0 Å². The van der Waals surface area contributed by atoms with E-state index < -0.39 is 0 Å². The monoisotopic (exact) mass is 295 g/mol. The van der Waals surface area contributed by atoms with E-state index in [1.807, 2.05) is 6.92 Å². The standard InChI is InChI=1S/C17H33N3O/c1-15(17(21)18-16-9-5-6-10-16)19(2)13-14-20-11-7-3-4-8-12-20/h15-16H,3-14H2,1-2H3,(H,18,21)/t15-/m1/s1. The molecule has 122 valence electrons. The lowest BCUT2D eigenvalue weighted by Crippen LogP contribution is -2.48. The first-order chi connectivity index (χ1) is 10.2. The van der Waals surface area contributed by atoms with Gasteiger partial charge in [0.05, 0.1) is 6.04 Å². The Labute approximate surface area is 130 Å². The van der Waals surface area contributed by atoms with Crippen molar-refractivity contribution < 1.29 is 4.79 Å². The summed E-state index contributed by atoms with van der Waals surface area (Å²) in [5.74, 6) is 0.209. The fourth-order valence-electron chi connectivity index (χ4n) is 3.44. The molecule has 1 saturated heterocycles. The lowest BCUT2D eigenvalue weighted by molar-refractivity contribution is -0.126. The summed E-state index contributed by atoms with van der Waals surface area (Å²) in [6.07, 6.45) is 10.3. The Balaban J connectivity index is 1.68. The van der Waals surface area contributed by atoms with Gasteiger partial charge in [-0.1, -0.05) is 25.7 Å². The summed E-state index contributed by atoms with van der Waals surface area (Å²) < 4.78 is 0. The second-order valence-corrected chi connectivity index (χ2v) is 6.90. The molecule has 0 spiro atoms. The molecule has 1 N–H and O–H groups in total. The average Bonchev–Trinajstić information content (AvgIpc) is 2.85. The van der Waals surface area contributed by atoms with Crippen molar-refractivity contribution in [2.24, 2.45) is 0 Å². The molecule has 0 aromatic heterocycles. The van der Waals surface area contributed by atoms with Crippen molar-refractivity contribution in [3.63, 3.8) is 0 Å². The molecule has 0 unspecified atom stereocenters. The molecule has 0 aromatic carbocycles. The summed E-state index contributed by atoms with van der Waals surface area (Å²) in [4.78, 5) is 17.0. The van der Waals surface area contributed by atoms with Crippen LogP contribution in [-0.4, -0.2) is 61.0 Å².